The number of unbranched alkanes of at least 4 members (excludes halogenated alkanes) is 21. The van der Waals surface area contributed by atoms with E-state index in [-0.39, 0.29) is 25.8 Å². The smallest absolute Gasteiger partial charge is 0.306 e. The zero-order valence-electron chi connectivity index (χ0n) is 45.2. The SMILES string of the molecule is CC/C=C\C/C=C\C/C=C\C/C=C\CCCCCCCCCCCCCOCC(COP(=O)([O-])OCC[N+](C)(C)C)OC(=O)CCCCCCCCCCCC/C=C\C/C=C\C/C=C\C/C=C\CC. The van der Waals surface area contributed by atoms with Crippen molar-refractivity contribution in [2.45, 2.75) is 225 Å². The molecule has 2 unspecified atom stereocenters. The number of hydrogen-bond acceptors (Lipinski definition) is 7. The number of nitrogens with zero attached hydrogens (tertiary/aromatic N) is 1. The van der Waals surface area contributed by atoms with Gasteiger partial charge < -0.3 is 27.9 Å². The Bertz CT molecular complexity index is 1420. The van der Waals surface area contributed by atoms with Crippen LogP contribution in [0.5, 0.6) is 0 Å². The molecular weight excluding hydrogens is 878 g/mol. The molecule has 0 amide bonds. The normalized spacial score (nSPS) is 14.2. The minimum absolute atomic E-state index is 0.0201. The van der Waals surface area contributed by atoms with Crippen molar-refractivity contribution in [2.75, 3.05) is 54.1 Å². The van der Waals surface area contributed by atoms with Gasteiger partial charge in [0.1, 0.15) is 19.3 Å². The molecule has 8 nitrogen and oxygen atoms in total. The molecule has 2 atom stereocenters. The van der Waals surface area contributed by atoms with E-state index >= 15 is 0 Å². The molecule has 0 bridgehead atoms. The summed E-state index contributed by atoms with van der Waals surface area (Å²) in [4.78, 5) is 25.3. The molecule has 0 aliphatic carbocycles. The molecule has 0 spiro atoms. The van der Waals surface area contributed by atoms with Crippen LogP contribution in [0.15, 0.2) is 97.2 Å². The number of likely N-dealkylation sites (N-methyl/N-ethyl adjacent to an activating group) is 1. The average Bonchev–Trinajstić information content (AvgIpc) is 3.31. The molecule has 69 heavy (non-hydrogen) atoms. The van der Waals surface area contributed by atoms with Crippen LogP contribution in [-0.4, -0.2) is 70.7 Å². The molecule has 0 heterocycles. The van der Waals surface area contributed by atoms with Gasteiger partial charge in [-0.2, -0.15) is 0 Å². The Morgan fingerprint density at radius 3 is 1.19 bits per heavy atom. The summed E-state index contributed by atoms with van der Waals surface area (Å²) in [6.07, 6.45) is 71.5. The molecule has 0 aromatic rings. The summed E-state index contributed by atoms with van der Waals surface area (Å²) < 4.78 is 34.8. The van der Waals surface area contributed by atoms with E-state index in [0.717, 1.165) is 83.5 Å². The van der Waals surface area contributed by atoms with Crippen molar-refractivity contribution < 1.29 is 37.3 Å². The Morgan fingerprint density at radius 1 is 0.449 bits per heavy atom. The largest absolute Gasteiger partial charge is 0.756 e. The number of quaternary nitrogens is 1. The molecule has 0 aliphatic heterocycles. The second-order valence-electron chi connectivity index (χ2n) is 19.5. The van der Waals surface area contributed by atoms with Gasteiger partial charge in [-0.05, 0) is 89.9 Å². The van der Waals surface area contributed by atoms with Crippen molar-refractivity contribution in [1.82, 2.24) is 0 Å². The summed E-state index contributed by atoms with van der Waals surface area (Å²) in [5, 5.41) is 0. The molecule has 0 N–H and O–H groups in total. The van der Waals surface area contributed by atoms with Gasteiger partial charge in [-0.25, -0.2) is 0 Å². The lowest BCUT2D eigenvalue weighted by Gasteiger charge is -2.28. The molecule has 0 fully saturated rings. The number of phosphoric ester groups is 1. The van der Waals surface area contributed by atoms with Gasteiger partial charge in [-0.1, -0.05) is 220 Å². The van der Waals surface area contributed by atoms with Crippen molar-refractivity contribution in [3.05, 3.63) is 97.2 Å². The summed E-state index contributed by atoms with van der Waals surface area (Å²) in [6.45, 7) is 5.18. The van der Waals surface area contributed by atoms with Gasteiger partial charge in [0.05, 0.1) is 34.4 Å². The minimum atomic E-state index is -4.54. The number of rotatable bonds is 51. The Morgan fingerprint density at radius 2 is 0.797 bits per heavy atom. The lowest BCUT2D eigenvalue weighted by molar-refractivity contribution is -0.870. The fraction of sp³-hybridized carbons (Fsp3) is 0.717. The van der Waals surface area contributed by atoms with E-state index < -0.39 is 13.9 Å². The van der Waals surface area contributed by atoms with Gasteiger partial charge in [-0.15, -0.1) is 0 Å². The molecule has 398 valence electrons. The van der Waals surface area contributed by atoms with Gasteiger partial charge in [-0.3, -0.25) is 9.36 Å². The lowest BCUT2D eigenvalue weighted by Crippen LogP contribution is -2.37. The third kappa shape index (κ3) is 56.2. The first-order chi connectivity index (χ1) is 33.6. The van der Waals surface area contributed by atoms with Crippen molar-refractivity contribution in [1.29, 1.82) is 0 Å². The number of carbonyl (C=O) groups excluding carboxylic acids is 1. The lowest BCUT2D eigenvalue weighted by atomic mass is 10.0. The van der Waals surface area contributed by atoms with E-state index in [2.05, 4.69) is 111 Å². The van der Waals surface area contributed by atoms with Crippen LogP contribution >= 0.6 is 7.82 Å². The average molecular weight is 984 g/mol. The first-order valence-corrected chi connectivity index (χ1v) is 29.4. The molecule has 0 saturated heterocycles. The Hall–Kier alpha value is -2.58. The zero-order valence-corrected chi connectivity index (χ0v) is 46.1. The Labute approximate surface area is 426 Å². The molecule has 9 heteroatoms. The Balaban J connectivity index is 4.12. The number of ether oxygens (including phenoxy) is 2. The van der Waals surface area contributed by atoms with Gasteiger partial charge in [0.2, 0.25) is 0 Å². The van der Waals surface area contributed by atoms with E-state index in [0.29, 0.717) is 24.1 Å². The highest BCUT2D eigenvalue weighted by Crippen LogP contribution is 2.38. The van der Waals surface area contributed by atoms with Crippen LogP contribution in [0.2, 0.25) is 0 Å². The predicted molar refractivity (Wildman–Crippen MR) is 295 cm³/mol. The third-order valence-corrected chi connectivity index (χ3v) is 12.6. The van der Waals surface area contributed by atoms with Gasteiger partial charge >= 0.3 is 5.97 Å². The number of carbonyl (C=O) groups is 1. The topological polar surface area (TPSA) is 94.1 Å². The second kappa shape index (κ2) is 51.8. The number of allylic oxidation sites excluding steroid dienone is 16. The van der Waals surface area contributed by atoms with Crippen molar-refractivity contribution in [2.24, 2.45) is 0 Å². The Kier molecular flexibility index (Phi) is 49.8. The molecule has 0 aromatic carbocycles. The number of hydrogen-bond donors (Lipinski definition) is 0. The highest BCUT2D eigenvalue weighted by Gasteiger charge is 2.20. The summed E-state index contributed by atoms with van der Waals surface area (Å²) in [7, 11) is 1.34. The first kappa shape index (κ1) is 66.4. The molecule has 0 saturated carbocycles. The molecular formula is C60H106NO7P. The van der Waals surface area contributed by atoms with Gasteiger partial charge in [0.15, 0.2) is 0 Å². The first-order valence-electron chi connectivity index (χ1n) is 28.0. The number of esters is 1. The molecule has 0 radical (unpaired) electrons. The second-order valence-corrected chi connectivity index (χ2v) is 20.9. The fourth-order valence-electron chi connectivity index (χ4n) is 7.41. The van der Waals surface area contributed by atoms with Crippen LogP contribution in [0.3, 0.4) is 0 Å². The monoisotopic (exact) mass is 984 g/mol. The summed E-state index contributed by atoms with van der Waals surface area (Å²) in [6, 6.07) is 0. The van der Waals surface area contributed by atoms with E-state index in [1.807, 2.05) is 21.1 Å². The van der Waals surface area contributed by atoms with Crippen LogP contribution in [0.25, 0.3) is 0 Å². The molecule has 0 rings (SSSR count). The maximum atomic E-state index is 12.8. The highest BCUT2D eigenvalue weighted by atomic mass is 31.2. The quantitative estimate of drug-likeness (QED) is 0.0197. The van der Waals surface area contributed by atoms with Crippen LogP contribution in [0.4, 0.5) is 0 Å². The standard InChI is InChI=1S/C60H106NO7P/c1-6-8-10-12-14-16-18-20-22-24-26-28-30-32-34-36-38-40-42-44-46-48-50-52-55-65-57-59(58-67-69(63,64)66-56-54-61(3,4)5)68-60(62)53-51-49-47-45-43-41-39-37-35-33-31-29-27-25-23-21-19-17-15-13-11-9-7-2/h8-11,14-17,20-23,26-29,59H,6-7,12-13,18-19,24-25,30-58H2,1-5H3/b10-8-,11-9-,16-14-,17-15-,22-20-,23-21-,28-26-,29-27-. The van der Waals surface area contributed by atoms with Gasteiger partial charge in [0, 0.05) is 13.0 Å². The van der Waals surface area contributed by atoms with Crippen molar-refractivity contribution in [3.63, 3.8) is 0 Å². The van der Waals surface area contributed by atoms with Crippen LogP contribution in [0.1, 0.15) is 219 Å². The van der Waals surface area contributed by atoms with E-state index in [1.54, 1.807) is 0 Å². The highest BCUT2D eigenvalue weighted by molar-refractivity contribution is 7.45. The summed E-state index contributed by atoms with van der Waals surface area (Å²) in [5.41, 5.74) is 0. The predicted octanol–water partition coefficient (Wildman–Crippen LogP) is 17.1. The maximum Gasteiger partial charge on any atom is 0.306 e. The number of phosphoric acid groups is 1. The van der Waals surface area contributed by atoms with Crippen LogP contribution in [0, 0.1) is 0 Å². The zero-order chi connectivity index (χ0) is 50.5. The summed E-state index contributed by atoms with van der Waals surface area (Å²) in [5.74, 6) is -0.342. The van der Waals surface area contributed by atoms with E-state index in [9.17, 15) is 14.3 Å². The molecule has 0 aliphatic rings. The molecule has 0 aromatic heterocycles. The van der Waals surface area contributed by atoms with E-state index in [4.69, 9.17) is 18.5 Å². The van der Waals surface area contributed by atoms with Crippen LogP contribution < -0.4 is 4.89 Å². The van der Waals surface area contributed by atoms with Crippen molar-refractivity contribution >= 4 is 13.8 Å². The van der Waals surface area contributed by atoms with E-state index in [1.165, 1.54) is 116 Å². The summed E-state index contributed by atoms with van der Waals surface area (Å²) >= 11 is 0. The fourth-order valence-corrected chi connectivity index (χ4v) is 8.14. The minimum Gasteiger partial charge on any atom is -0.756 e. The maximum absolute atomic E-state index is 12.8. The van der Waals surface area contributed by atoms with Crippen LogP contribution in [-0.2, 0) is 27.9 Å². The van der Waals surface area contributed by atoms with Gasteiger partial charge in [0.25, 0.3) is 7.82 Å². The third-order valence-electron chi connectivity index (χ3n) is 11.6. The van der Waals surface area contributed by atoms with Crippen molar-refractivity contribution in [3.8, 4) is 0 Å².